The summed E-state index contributed by atoms with van der Waals surface area (Å²) in [6, 6.07) is 16.6. The maximum absolute atomic E-state index is 13.1. The fourth-order valence-electron chi connectivity index (χ4n) is 3.79. The highest BCUT2D eigenvalue weighted by Gasteiger charge is 2.26. The lowest BCUT2D eigenvalue weighted by atomic mass is 10.1. The predicted molar refractivity (Wildman–Crippen MR) is 118 cm³/mol. The van der Waals surface area contributed by atoms with E-state index in [2.05, 4.69) is 49.9 Å². The number of morpholine rings is 1. The van der Waals surface area contributed by atoms with Crippen LogP contribution in [-0.2, 0) is 11.3 Å². The number of carbonyl (C=O) groups is 1. The lowest BCUT2D eigenvalue weighted by molar-refractivity contribution is -0.0438. The average molecular weight is 395 g/mol. The van der Waals surface area contributed by atoms with Crippen LogP contribution in [-0.4, -0.2) is 54.6 Å². The number of rotatable bonds is 7. The summed E-state index contributed by atoms with van der Waals surface area (Å²) in [6.45, 7) is 13.3. The molecule has 156 valence electrons. The van der Waals surface area contributed by atoms with Gasteiger partial charge in [-0.15, -0.1) is 0 Å². The second-order valence-electron chi connectivity index (χ2n) is 8.68. The SMILES string of the molecule is Cc1ccc(CN2CCO[C@@H](CN(CC(C)C)C(=O)c3ccc(C)cc3)C2)cc1. The van der Waals surface area contributed by atoms with Crippen molar-refractivity contribution in [1.82, 2.24) is 9.80 Å². The lowest BCUT2D eigenvalue weighted by Crippen LogP contribution is -2.49. The molecular formula is C25H34N2O2. The third-order valence-electron chi connectivity index (χ3n) is 5.34. The van der Waals surface area contributed by atoms with Crippen molar-refractivity contribution < 1.29 is 9.53 Å². The van der Waals surface area contributed by atoms with Crippen molar-refractivity contribution in [2.24, 2.45) is 5.92 Å². The van der Waals surface area contributed by atoms with E-state index >= 15 is 0 Å². The first kappa shape index (κ1) is 21.5. The zero-order valence-corrected chi connectivity index (χ0v) is 18.2. The predicted octanol–water partition coefficient (Wildman–Crippen LogP) is 4.30. The van der Waals surface area contributed by atoms with Gasteiger partial charge in [0.05, 0.1) is 12.7 Å². The summed E-state index contributed by atoms with van der Waals surface area (Å²) in [7, 11) is 0. The number of carbonyl (C=O) groups excluding carboxylic acids is 1. The van der Waals surface area contributed by atoms with Gasteiger partial charge in [-0.25, -0.2) is 0 Å². The molecular weight excluding hydrogens is 360 g/mol. The number of amides is 1. The second-order valence-corrected chi connectivity index (χ2v) is 8.68. The molecule has 2 aromatic rings. The molecule has 3 rings (SSSR count). The summed E-state index contributed by atoms with van der Waals surface area (Å²) < 4.78 is 6.05. The van der Waals surface area contributed by atoms with Gasteiger partial charge in [0.25, 0.3) is 5.91 Å². The van der Waals surface area contributed by atoms with Crippen LogP contribution in [0.4, 0.5) is 0 Å². The molecule has 0 unspecified atom stereocenters. The van der Waals surface area contributed by atoms with E-state index in [1.165, 1.54) is 16.7 Å². The van der Waals surface area contributed by atoms with Gasteiger partial charge in [-0.2, -0.15) is 0 Å². The quantitative estimate of drug-likeness (QED) is 0.702. The Hall–Kier alpha value is -2.17. The standard InChI is InChI=1S/C25H34N2O2/c1-19(2)15-27(25(28)23-11-7-21(4)8-12-23)18-24-17-26(13-14-29-24)16-22-9-5-20(3)6-10-22/h5-12,19,24H,13-18H2,1-4H3/t24-/m1/s1. The monoisotopic (exact) mass is 394 g/mol. The Bertz CT molecular complexity index is 783. The average Bonchev–Trinajstić information content (AvgIpc) is 2.69. The summed E-state index contributed by atoms with van der Waals surface area (Å²) in [4.78, 5) is 17.5. The first-order chi connectivity index (χ1) is 13.9. The van der Waals surface area contributed by atoms with Crippen LogP contribution in [0.1, 0.15) is 40.9 Å². The van der Waals surface area contributed by atoms with E-state index in [0.29, 0.717) is 19.1 Å². The van der Waals surface area contributed by atoms with Crippen LogP contribution >= 0.6 is 0 Å². The molecule has 29 heavy (non-hydrogen) atoms. The fourth-order valence-corrected chi connectivity index (χ4v) is 3.79. The van der Waals surface area contributed by atoms with Crippen molar-refractivity contribution in [3.8, 4) is 0 Å². The van der Waals surface area contributed by atoms with Crippen molar-refractivity contribution in [2.45, 2.75) is 40.3 Å². The van der Waals surface area contributed by atoms with E-state index in [9.17, 15) is 4.79 Å². The number of aryl methyl sites for hydroxylation is 2. The van der Waals surface area contributed by atoms with Gasteiger partial charge in [-0.1, -0.05) is 61.4 Å². The molecule has 0 bridgehead atoms. The van der Waals surface area contributed by atoms with Crippen LogP contribution in [0, 0.1) is 19.8 Å². The highest BCUT2D eigenvalue weighted by molar-refractivity contribution is 5.94. The van der Waals surface area contributed by atoms with Crippen molar-refractivity contribution in [1.29, 1.82) is 0 Å². The van der Waals surface area contributed by atoms with E-state index < -0.39 is 0 Å². The molecule has 1 fully saturated rings. The number of hydrogen-bond acceptors (Lipinski definition) is 3. The molecule has 0 aliphatic carbocycles. The second kappa shape index (κ2) is 10.0. The van der Waals surface area contributed by atoms with Gasteiger partial charge in [0, 0.05) is 38.3 Å². The molecule has 0 N–H and O–H groups in total. The van der Waals surface area contributed by atoms with Gasteiger partial charge in [0.2, 0.25) is 0 Å². The minimum Gasteiger partial charge on any atom is -0.374 e. The van der Waals surface area contributed by atoms with E-state index in [4.69, 9.17) is 4.74 Å². The Balaban J connectivity index is 1.64. The number of nitrogens with zero attached hydrogens (tertiary/aromatic N) is 2. The number of ether oxygens (including phenoxy) is 1. The summed E-state index contributed by atoms with van der Waals surface area (Å²) in [5.74, 6) is 0.509. The summed E-state index contributed by atoms with van der Waals surface area (Å²) in [6.07, 6.45) is 0.0438. The van der Waals surface area contributed by atoms with Gasteiger partial charge in [0.15, 0.2) is 0 Å². The molecule has 1 saturated heterocycles. The Labute approximate surface area is 175 Å². The Morgan fingerprint density at radius 3 is 2.31 bits per heavy atom. The van der Waals surface area contributed by atoms with Crippen LogP contribution in [0.25, 0.3) is 0 Å². The third-order valence-corrected chi connectivity index (χ3v) is 5.34. The topological polar surface area (TPSA) is 32.8 Å². The zero-order valence-electron chi connectivity index (χ0n) is 18.2. The minimum absolute atomic E-state index is 0.0438. The summed E-state index contributed by atoms with van der Waals surface area (Å²) >= 11 is 0. The van der Waals surface area contributed by atoms with E-state index in [0.717, 1.165) is 31.7 Å². The highest BCUT2D eigenvalue weighted by Crippen LogP contribution is 2.15. The van der Waals surface area contributed by atoms with Crippen molar-refractivity contribution in [3.05, 3.63) is 70.8 Å². The first-order valence-electron chi connectivity index (χ1n) is 10.7. The Morgan fingerprint density at radius 2 is 1.69 bits per heavy atom. The molecule has 4 nitrogen and oxygen atoms in total. The van der Waals surface area contributed by atoms with Crippen LogP contribution in [0.5, 0.6) is 0 Å². The Morgan fingerprint density at radius 1 is 1.07 bits per heavy atom. The molecule has 1 atom stereocenters. The molecule has 4 heteroatoms. The number of benzene rings is 2. The fraction of sp³-hybridized carbons (Fsp3) is 0.480. The molecule has 1 heterocycles. The maximum Gasteiger partial charge on any atom is 0.253 e. The van der Waals surface area contributed by atoms with Crippen LogP contribution in [0.2, 0.25) is 0 Å². The molecule has 0 saturated carbocycles. The van der Waals surface area contributed by atoms with Crippen LogP contribution in [0.15, 0.2) is 48.5 Å². The summed E-state index contributed by atoms with van der Waals surface area (Å²) in [5, 5.41) is 0. The molecule has 1 aliphatic heterocycles. The first-order valence-corrected chi connectivity index (χ1v) is 10.7. The van der Waals surface area contributed by atoms with E-state index in [1.807, 2.05) is 36.1 Å². The van der Waals surface area contributed by atoms with Crippen molar-refractivity contribution in [2.75, 3.05) is 32.8 Å². The van der Waals surface area contributed by atoms with Gasteiger partial charge >= 0.3 is 0 Å². The van der Waals surface area contributed by atoms with Crippen molar-refractivity contribution >= 4 is 5.91 Å². The highest BCUT2D eigenvalue weighted by atomic mass is 16.5. The number of hydrogen-bond donors (Lipinski definition) is 0. The maximum atomic E-state index is 13.1. The molecule has 0 spiro atoms. The molecule has 0 aromatic heterocycles. The molecule has 1 aliphatic rings. The summed E-state index contributed by atoms with van der Waals surface area (Å²) in [5.41, 5.74) is 4.53. The van der Waals surface area contributed by atoms with Gasteiger partial charge in [0.1, 0.15) is 0 Å². The normalized spacial score (nSPS) is 17.5. The lowest BCUT2D eigenvalue weighted by Gasteiger charge is -2.36. The third kappa shape index (κ3) is 6.41. The van der Waals surface area contributed by atoms with Gasteiger partial charge in [-0.05, 0) is 37.5 Å². The minimum atomic E-state index is 0.0438. The Kier molecular flexibility index (Phi) is 7.45. The molecule has 2 aromatic carbocycles. The van der Waals surface area contributed by atoms with Crippen LogP contribution < -0.4 is 0 Å². The van der Waals surface area contributed by atoms with Gasteiger partial charge < -0.3 is 9.64 Å². The largest absolute Gasteiger partial charge is 0.374 e. The molecule has 1 amide bonds. The smallest absolute Gasteiger partial charge is 0.253 e. The zero-order chi connectivity index (χ0) is 20.8. The van der Waals surface area contributed by atoms with Crippen LogP contribution in [0.3, 0.4) is 0 Å². The van der Waals surface area contributed by atoms with Crippen molar-refractivity contribution in [3.63, 3.8) is 0 Å². The van der Waals surface area contributed by atoms with E-state index in [-0.39, 0.29) is 12.0 Å². The molecule has 0 radical (unpaired) electrons. The van der Waals surface area contributed by atoms with E-state index in [1.54, 1.807) is 0 Å². The van der Waals surface area contributed by atoms with Gasteiger partial charge in [-0.3, -0.25) is 9.69 Å².